The second-order valence-corrected chi connectivity index (χ2v) is 9.89. The van der Waals surface area contributed by atoms with Crippen molar-refractivity contribution in [2.75, 3.05) is 28.4 Å². The summed E-state index contributed by atoms with van der Waals surface area (Å²) in [6, 6.07) is 7.25. The summed E-state index contributed by atoms with van der Waals surface area (Å²) in [5.41, 5.74) is 3.13. The van der Waals surface area contributed by atoms with E-state index in [1.165, 1.54) is 25.7 Å². The lowest BCUT2D eigenvalue weighted by atomic mass is 10.00. The molecular weight excluding hydrogens is 480 g/mol. The van der Waals surface area contributed by atoms with E-state index in [4.69, 9.17) is 18.9 Å². The molecule has 0 aliphatic heterocycles. The second kappa shape index (κ2) is 16.7. The van der Waals surface area contributed by atoms with Crippen molar-refractivity contribution in [2.45, 2.75) is 90.9 Å². The molecule has 2 aromatic rings. The van der Waals surface area contributed by atoms with Gasteiger partial charge in [0.1, 0.15) is 23.0 Å². The third-order valence-electron chi connectivity index (χ3n) is 7.21. The first kappa shape index (κ1) is 31.2. The molecule has 38 heavy (non-hydrogen) atoms. The molecule has 2 aromatic carbocycles. The van der Waals surface area contributed by atoms with Gasteiger partial charge in [0.2, 0.25) is 0 Å². The number of hydrogen-bond acceptors (Lipinski definition) is 6. The Morgan fingerprint density at radius 1 is 0.474 bits per heavy atom. The van der Waals surface area contributed by atoms with Crippen LogP contribution in [0.25, 0.3) is 0 Å². The van der Waals surface area contributed by atoms with Crippen LogP contribution in [-0.2, 0) is 0 Å². The molecule has 0 aliphatic carbocycles. The van der Waals surface area contributed by atoms with Crippen LogP contribution >= 0.6 is 0 Å². The summed E-state index contributed by atoms with van der Waals surface area (Å²) in [7, 11) is 6.44. The first-order chi connectivity index (χ1) is 18.4. The highest BCUT2D eigenvalue weighted by Crippen LogP contribution is 2.31. The maximum Gasteiger partial charge on any atom is 0.163 e. The summed E-state index contributed by atoms with van der Waals surface area (Å²) < 4.78 is 21.5. The fraction of sp³-hybridized carbons (Fsp3) is 0.562. The van der Waals surface area contributed by atoms with Gasteiger partial charge >= 0.3 is 0 Å². The number of unbranched alkanes of at least 4 members (excludes halogenated alkanes) is 9. The third kappa shape index (κ3) is 9.38. The number of Topliss-reactive ketones (excluding diaryl/α,β-unsaturated/α-hetero) is 2. The van der Waals surface area contributed by atoms with Gasteiger partial charge in [-0.25, -0.2) is 0 Å². The summed E-state index contributed by atoms with van der Waals surface area (Å²) in [6.45, 7) is 3.85. The van der Waals surface area contributed by atoms with Crippen molar-refractivity contribution in [1.82, 2.24) is 0 Å². The van der Waals surface area contributed by atoms with E-state index in [9.17, 15) is 9.59 Å². The van der Waals surface area contributed by atoms with Crippen molar-refractivity contribution in [3.05, 3.63) is 46.5 Å². The molecule has 0 radical (unpaired) electrons. The molecule has 0 fully saturated rings. The monoisotopic (exact) mass is 526 g/mol. The minimum absolute atomic E-state index is 0.140. The van der Waals surface area contributed by atoms with Gasteiger partial charge in [-0.3, -0.25) is 9.59 Å². The van der Waals surface area contributed by atoms with Crippen LogP contribution in [0.2, 0.25) is 0 Å². The van der Waals surface area contributed by atoms with Gasteiger partial charge in [0, 0.05) is 35.1 Å². The number of carbonyl (C=O) groups is 2. The molecule has 0 amide bonds. The number of methoxy groups -OCH3 is 4. The Morgan fingerprint density at radius 3 is 0.947 bits per heavy atom. The molecule has 0 N–H and O–H groups in total. The lowest BCUT2D eigenvalue weighted by molar-refractivity contribution is 0.0970. The quantitative estimate of drug-likeness (QED) is 0.136. The van der Waals surface area contributed by atoms with Crippen molar-refractivity contribution in [3.8, 4) is 23.0 Å². The van der Waals surface area contributed by atoms with Crippen LogP contribution in [0.3, 0.4) is 0 Å². The highest BCUT2D eigenvalue weighted by atomic mass is 16.5. The fourth-order valence-corrected chi connectivity index (χ4v) is 4.77. The lowest BCUT2D eigenvalue weighted by Crippen LogP contribution is -2.02. The highest BCUT2D eigenvalue weighted by Gasteiger charge is 2.14. The van der Waals surface area contributed by atoms with Gasteiger partial charge in [0.15, 0.2) is 11.6 Å². The average Bonchev–Trinajstić information content (AvgIpc) is 2.93. The molecule has 0 spiro atoms. The van der Waals surface area contributed by atoms with Gasteiger partial charge in [-0.15, -0.1) is 0 Å². The van der Waals surface area contributed by atoms with Gasteiger partial charge in [-0.2, -0.15) is 0 Å². The van der Waals surface area contributed by atoms with E-state index >= 15 is 0 Å². The van der Waals surface area contributed by atoms with E-state index in [2.05, 4.69) is 0 Å². The smallest absolute Gasteiger partial charge is 0.163 e. The van der Waals surface area contributed by atoms with Gasteiger partial charge in [-0.1, -0.05) is 51.4 Å². The van der Waals surface area contributed by atoms with Crippen LogP contribution in [-0.4, -0.2) is 40.0 Å². The van der Waals surface area contributed by atoms with Gasteiger partial charge in [0.25, 0.3) is 0 Å². The normalized spacial score (nSPS) is 10.8. The summed E-state index contributed by atoms with van der Waals surface area (Å²) in [4.78, 5) is 25.2. The highest BCUT2D eigenvalue weighted by molar-refractivity contribution is 5.97. The van der Waals surface area contributed by atoms with Crippen molar-refractivity contribution < 1.29 is 28.5 Å². The van der Waals surface area contributed by atoms with Crippen LogP contribution < -0.4 is 18.9 Å². The topological polar surface area (TPSA) is 71.1 Å². The number of benzene rings is 2. The minimum Gasteiger partial charge on any atom is -0.496 e. The molecule has 0 saturated heterocycles. The molecule has 0 bridgehead atoms. The van der Waals surface area contributed by atoms with Crippen molar-refractivity contribution >= 4 is 11.6 Å². The Balaban J connectivity index is 1.54. The van der Waals surface area contributed by atoms with Crippen molar-refractivity contribution in [2.24, 2.45) is 0 Å². The number of ether oxygens (including phenoxy) is 4. The maximum absolute atomic E-state index is 12.6. The van der Waals surface area contributed by atoms with E-state index in [1.807, 2.05) is 38.1 Å². The summed E-state index contributed by atoms with van der Waals surface area (Å²) >= 11 is 0. The molecule has 0 atom stereocenters. The summed E-state index contributed by atoms with van der Waals surface area (Å²) in [6.07, 6.45) is 12.2. The molecule has 0 aliphatic rings. The first-order valence-electron chi connectivity index (χ1n) is 13.9. The number of carbonyl (C=O) groups excluding carboxylic acids is 2. The Bertz CT molecular complexity index is 909. The van der Waals surface area contributed by atoms with Crippen LogP contribution in [0.1, 0.15) is 109 Å². The van der Waals surface area contributed by atoms with E-state index in [-0.39, 0.29) is 11.6 Å². The van der Waals surface area contributed by atoms with Crippen LogP contribution in [0.5, 0.6) is 23.0 Å². The Kier molecular flexibility index (Phi) is 13.7. The van der Waals surface area contributed by atoms with E-state index in [0.29, 0.717) is 47.0 Å². The molecular formula is C32H46O6. The molecule has 210 valence electrons. The molecule has 0 heterocycles. The predicted octanol–water partition coefficient (Wildman–Crippen LogP) is 8.08. The Labute approximate surface area is 229 Å². The zero-order valence-electron chi connectivity index (χ0n) is 24.2. The van der Waals surface area contributed by atoms with Crippen molar-refractivity contribution in [3.63, 3.8) is 0 Å². The maximum atomic E-state index is 12.6. The minimum atomic E-state index is 0.140. The fourth-order valence-electron chi connectivity index (χ4n) is 4.77. The molecule has 6 heteroatoms. The zero-order chi connectivity index (χ0) is 27.9. The number of rotatable bonds is 19. The number of hydrogen-bond donors (Lipinski definition) is 0. The Hall–Kier alpha value is -3.02. The van der Waals surface area contributed by atoms with Crippen LogP contribution in [0.4, 0.5) is 0 Å². The van der Waals surface area contributed by atoms with Crippen LogP contribution in [0, 0.1) is 13.8 Å². The standard InChI is InChI=1S/C32H46O6/c1-23-29(35-3)19-25(20-30(23)36-4)27(33)17-15-13-11-9-7-8-10-12-14-16-18-28(34)26-21-31(37-5)24(2)32(22-26)38-6/h19-22H,7-18H2,1-6H3. The Morgan fingerprint density at radius 2 is 0.711 bits per heavy atom. The van der Waals surface area contributed by atoms with Gasteiger partial charge < -0.3 is 18.9 Å². The predicted molar refractivity (Wildman–Crippen MR) is 153 cm³/mol. The van der Waals surface area contributed by atoms with Gasteiger partial charge in [-0.05, 0) is 51.0 Å². The average molecular weight is 527 g/mol. The molecule has 6 nitrogen and oxygen atoms in total. The van der Waals surface area contributed by atoms with E-state index in [1.54, 1.807) is 28.4 Å². The first-order valence-corrected chi connectivity index (χ1v) is 13.9. The van der Waals surface area contributed by atoms with E-state index in [0.717, 1.165) is 49.7 Å². The van der Waals surface area contributed by atoms with Crippen LogP contribution in [0.15, 0.2) is 24.3 Å². The summed E-state index contributed by atoms with van der Waals surface area (Å²) in [5, 5.41) is 0. The third-order valence-corrected chi connectivity index (χ3v) is 7.21. The molecule has 0 unspecified atom stereocenters. The molecule has 2 rings (SSSR count). The summed E-state index contributed by atoms with van der Waals surface area (Å²) in [5.74, 6) is 3.03. The van der Waals surface area contributed by atoms with E-state index < -0.39 is 0 Å². The second-order valence-electron chi connectivity index (χ2n) is 9.89. The van der Waals surface area contributed by atoms with Gasteiger partial charge in [0.05, 0.1) is 28.4 Å². The SMILES string of the molecule is COc1cc(C(=O)CCCCCCCCCCCCC(=O)c2cc(OC)c(C)c(OC)c2)cc(OC)c1C. The zero-order valence-corrected chi connectivity index (χ0v) is 24.2. The molecule has 0 saturated carbocycles. The molecule has 0 aromatic heterocycles. The van der Waals surface area contributed by atoms with Crippen molar-refractivity contribution in [1.29, 1.82) is 0 Å². The number of ketones is 2. The largest absolute Gasteiger partial charge is 0.496 e. The lowest BCUT2D eigenvalue weighted by Gasteiger charge is -2.12.